The number of fused-ring (bicyclic) bond motifs is 1. The van der Waals surface area contributed by atoms with Crippen LogP contribution in [-0.2, 0) is 9.59 Å². The number of anilines is 2. The number of nitrogens with one attached hydrogen (secondary N) is 1. The summed E-state index contributed by atoms with van der Waals surface area (Å²) in [6.07, 6.45) is 2.44. The summed E-state index contributed by atoms with van der Waals surface area (Å²) < 4.78 is 0. The van der Waals surface area contributed by atoms with Crippen LogP contribution in [0.3, 0.4) is 0 Å². The highest BCUT2D eigenvalue weighted by atomic mass is 35.5. The third-order valence-electron chi connectivity index (χ3n) is 6.97. The van der Waals surface area contributed by atoms with Crippen LogP contribution in [0.4, 0.5) is 16.2 Å². The van der Waals surface area contributed by atoms with Crippen molar-refractivity contribution in [2.75, 3.05) is 16.8 Å². The Morgan fingerprint density at radius 2 is 1.82 bits per heavy atom. The smallest absolute Gasteiger partial charge is 0.335 e. The Bertz CT molecular complexity index is 1230. The molecule has 0 bridgehead atoms. The second kappa shape index (κ2) is 8.03. The number of benzene rings is 2. The fraction of sp³-hybridized carbons (Fsp3) is 0.346. The molecule has 1 N–H and O–H groups in total. The Morgan fingerprint density at radius 1 is 1.12 bits per heavy atom. The molecule has 0 aliphatic carbocycles. The first-order chi connectivity index (χ1) is 15.4. The number of aryl methyl sites for hydroxylation is 1. The maximum Gasteiger partial charge on any atom is 0.335 e. The standard InChI is InChI=1S/C26H28ClN3O3/c1-14-8-7-9-21(16(14)3)30-24(32)19(23(31)28-25(30)33)11-17-10-18-15(2)13-26(4,5)29(6)22(18)12-20(17)27/h7-12,15H,13H2,1-6H3,(H,28,31,33)/b19-11+/t15-/m1/s1. The summed E-state index contributed by atoms with van der Waals surface area (Å²) >= 11 is 6.62. The van der Waals surface area contributed by atoms with Crippen molar-refractivity contribution in [1.82, 2.24) is 5.32 Å². The molecule has 0 unspecified atom stereocenters. The van der Waals surface area contributed by atoms with Gasteiger partial charge in [0.25, 0.3) is 11.8 Å². The highest BCUT2D eigenvalue weighted by molar-refractivity contribution is 6.40. The summed E-state index contributed by atoms with van der Waals surface area (Å²) in [7, 11) is 2.05. The lowest BCUT2D eigenvalue weighted by Crippen LogP contribution is -2.54. The Hall–Kier alpha value is -3.12. The molecular formula is C26H28ClN3O3. The highest BCUT2D eigenvalue weighted by Crippen LogP contribution is 2.44. The molecular weight excluding hydrogens is 438 g/mol. The van der Waals surface area contributed by atoms with Crippen LogP contribution < -0.4 is 15.1 Å². The molecule has 1 atom stereocenters. The molecule has 4 amide bonds. The number of hydrogen-bond acceptors (Lipinski definition) is 4. The van der Waals surface area contributed by atoms with E-state index in [4.69, 9.17) is 11.6 Å². The van der Waals surface area contributed by atoms with Gasteiger partial charge >= 0.3 is 6.03 Å². The molecule has 0 aromatic heterocycles. The zero-order valence-electron chi connectivity index (χ0n) is 19.7. The van der Waals surface area contributed by atoms with E-state index in [2.05, 4.69) is 31.0 Å². The zero-order valence-corrected chi connectivity index (χ0v) is 20.5. The third-order valence-corrected chi connectivity index (χ3v) is 7.30. The third kappa shape index (κ3) is 3.82. The van der Waals surface area contributed by atoms with Gasteiger partial charge in [0.05, 0.1) is 5.69 Å². The van der Waals surface area contributed by atoms with Crippen molar-refractivity contribution in [2.45, 2.75) is 52.5 Å². The Morgan fingerprint density at radius 3 is 2.52 bits per heavy atom. The van der Waals surface area contributed by atoms with Crippen molar-refractivity contribution >= 4 is 46.9 Å². The molecule has 4 rings (SSSR count). The molecule has 2 aliphatic heterocycles. The Balaban J connectivity index is 1.79. The summed E-state index contributed by atoms with van der Waals surface area (Å²) in [5, 5.41) is 2.73. The number of urea groups is 1. The summed E-state index contributed by atoms with van der Waals surface area (Å²) in [6.45, 7) is 10.3. The molecule has 7 heteroatoms. The lowest BCUT2D eigenvalue weighted by Gasteiger charge is -2.45. The maximum absolute atomic E-state index is 13.3. The van der Waals surface area contributed by atoms with Gasteiger partial charge in [0.15, 0.2) is 0 Å². The average molecular weight is 466 g/mol. The number of hydrogen-bond donors (Lipinski definition) is 1. The molecule has 1 fully saturated rings. The fourth-order valence-electron chi connectivity index (χ4n) is 4.72. The molecule has 2 aromatic carbocycles. The summed E-state index contributed by atoms with van der Waals surface area (Å²) in [5.41, 5.74) is 4.76. The first-order valence-corrected chi connectivity index (χ1v) is 11.3. The normalized spacial score (nSPS) is 21.4. The lowest BCUT2D eigenvalue weighted by atomic mass is 9.80. The molecule has 0 spiro atoms. The van der Waals surface area contributed by atoms with Crippen molar-refractivity contribution < 1.29 is 14.4 Å². The number of carbonyl (C=O) groups is 3. The van der Waals surface area contributed by atoms with E-state index in [1.807, 2.05) is 39.1 Å². The second-order valence-electron chi connectivity index (χ2n) is 9.59. The van der Waals surface area contributed by atoms with Gasteiger partial charge in [-0.3, -0.25) is 14.9 Å². The van der Waals surface area contributed by atoms with E-state index in [1.165, 1.54) is 6.08 Å². The predicted octanol–water partition coefficient (Wildman–Crippen LogP) is 5.35. The topological polar surface area (TPSA) is 69.7 Å². The average Bonchev–Trinajstić information content (AvgIpc) is 2.72. The van der Waals surface area contributed by atoms with E-state index in [1.54, 1.807) is 12.1 Å². The number of halogens is 1. The molecule has 2 heterocycles. The number of rotatable bonds is 2. The van der Waals surface area contributed by atoms with Gasteiger partial charge in [-0.15, -0.1) is 0 Å². The van der Waals surface area contributed by atoms with Crippen LogP contribution in [0.2, 0.25) is 5.02 Å². The molecule has 33 heavy (non-hydrogen) atoms. The van der Waals surface area contributed by atoms with E-state index in [0.717, 1.165) is 33.7 Å². The minimum atomic E-state index is -0.759. The quantitative estimate of drug-likeness (QED) is 0.479. The van der Waals surface area contributed by atoms with Crippen LogP contribution in [0.15, 0.2) is 35.9 Å². The van der Waals surface area contributed by atoms with Crippen LogP contribution in [0.5, 0.6) is 0 Å². The van der Waals surface area contributed by atoms with Crippen LogP contribution in [0.1, 0.15) is 55.4 Å². The molecule has 0 saturated carbocycles. The summed E-state index contributed by atoms with van der Waals surface area (Å²) in [4.78, 5) is 41.8. The minimum Gasteiger partial charge on any atom is -0.369 e. The van der Waals surface area contributed by atoms with E-state index in [-0.39, 0.29) is 17.0 Å². The molecule has 172 valence electrons. The van der Waals surface area contributed by atoms with Crippen LogP contribution in [-0.4, -0.2) is 30.4 Å². The van der Waals surface area contributed by atoms with E-state index < -0.39 is 17.8 Å². The lowest BCUT2D eigenvalue weighted by molar-refractivity contribution is -0.122. The Labute approximate surface area is 199 Å². The first-order valence-electron chi connectivity index (χ1n) is 11.0. The minimum absolute atomic E-state index is 0.0124. The van der Waals surface area contributed by atoms with Gasteiger partial charge in [-0.1, -0.05) is 30.7 Å². The van der Waals surface area contributed by atoms with Gasteiger partial charge in [-0.05, 0) is 86.6 Å². The zero-order chi connectivity index (χ0) is 24.2. The van der Waals surface area contributed by atoms with Gasteiger partial charge < -0.3 is 4.90 Å². The van der Waals surface area contributed by atoms with Crippen LogP contribution >= 0.6 is 11.6 Å². The first kappa shape index (κ1) is 23.1. The highest BCUT2D eigenvalue weighted by Gasteiger charge is 2.38. The number of barbiturate groups is 1. The summed E-state index contributed by atoms with van der Waals surface area (Å²) in [5.74, 6) is -1.12. The summed E-state index contributed by atoms with van der Waals surface area (Å²) in [6, 6.07) is 8.44. The van der Waals surface area contributed by atoms with Gasteiger partial charge in [0.1, 0.15) is 5.57 Å². The molecule has 6 nitrogen and oxygen atoms in total. The number of nitrogens with zero attached hydrogens (tertiary/aromatic N) is 2. The monoisotopic (exact) mass is 465 g/mol. The van der Waals surface area contributed by atoms with Crippen LogP contribution in [0, 0.1) is 13.8 Å². The second-order valence-corrected chi connectivity index (χ2v) is 9.99. The number of amides is 4. The fourth-order valence-corrected chi connectivity index (χ4v) is 4.94. The van der Waals surface area contributed by atoms with E-state index in [9.17, 15) is 14.4 Å². The van der Waals surface area contributed by atoms with Crippen molar-refractivity contribution in [3.8, 4) is 0 Å². The largest absolute Gasteiger partial charge is 0.369 e. The SMILES string of the molecule is Cc1cccc(N2C(=O)NC(=O)/C(=C\c3cc4c(cc3Cl)N(C)C(C)(C)C[C@H]4C)C2=O)c1C. The molecule has 2 aromatic rings. The predicted molar refractivity (Wildman–Crippen MR) is 132 cm³/mol. The van der Waals surface area contributed by atoms with Gasteiger partial charge in [0, 0.05) is 23.3 Å². The number of imide groups is 2. The van der Waals surface area contributed by atoms with Crippen LogP contribution in [0.25, 0.3) is 6.08 Å². The van der Waals surface area contributed by atoms with Gasteiger partial charge in [-0.2, -0.15) is 0 Å². The van der Waals surface area contributed by atoms with E-state index >= 15 is 0 Å². The van der Waals surface area contributed by atoms with Gasteiger partial charge in [-0.25, -0.2) is 9.69 Å². The molecule has 2 aliphatic rings. The van der Waals surface area contributed by atoms with Crippen molar-refractivity contribution in [3.05, 3.63) is 63.2 Å². The molecule has 1 saturated heterocycles. The van der Waals surface area contributed by atoms with Crippen molar-refractivity contribution in [3.63, 3.8) is 0 Å². The van der Waals surface area contributed by atoms with Gasteiger partial charge in [0.2, 0.25) is 0 Å². The molecule has 0 radical (unpaired) electrons. The van der Waals surface area contributed by atoms with Crippen molar-refractivity contribution in [2.24, 2.45) is 0 Å². The maximum atomic E-state index is 13.3. The number of carbonyl (C=O) groups excluding carboxylic acids is 3. The Kier molecular flexibility index (Phi) is 5.61. The van der Waals surface area contributed by atoms with E-state index in [0.29, 0.717) is 16.3 Å². The van der Waals surface area contributed by atoms with Crippen molar-refractivity contribution in [1.29, 1.82) is 0 Å².